The minimum atomic E-state index is 1.21. The molecule has 5 aromatic rings. The summed E-state index contributed by atoms with van der Waals surface area (Å²) in [4.78, 5) is 3.12. The molecule has 0 saturated heterocycles. The summed E-state index contributed by atoms with van der Waals surface area (Å²) in [7, 11) is 0. The SMILES string of the molecule is Cc1ccc(-n2ccc3ccccc32)cc1.c1ccc2[nH]ccc2c1. The van der Waals surface area contributed by atoms with Crippen LogP contribution in [0.15, 0.2) is 97.3 Å². The second-order valence-electron chi connectivity index (χ2n) is 6.15. The Labute approximate surface area is 147 Å². The van der Waals surface area contributed by atoms with Crippen LogP contribution < -0.4 is 0 Å². The van der Waals surface area contributed by atoms with Crippen molar-refractivity contribution in [1.29, 1.82) is 0 Å². The number of hydrogen-bond donors (Lipinski definition) is 1. The topological polar surface area (TPSA) is 20.7 Å². The molecule has 2 aromatic heterocycles. The second kappa shape index (κ2) is 6.70. The van der Waals surface area contributed by atoms with E-state index in [1.807, 2.05) is 18.3 Å². The van der Waals surface area contributed by atoms with Crippen molar-refractivity contribution in [2.45, 2.75) is 6.92 Å². The van der Waals surface area contributed by atoms with Crippen molar-refractivity contribution >= 4 is 21.8 Å². The lowest BCUT2D eigenvalue weighted by molar-refractivity contribution is 1.12. The van der Waals surface area contributed by atoms with Gasteiger partial charge in [-0.25, -0.2) is 0 Å². The van der Waals surface area contributed by atoms with Gasteiger partial charge in [-0.3, -0.25) is 0 Å². The van der Waals surface area contributed by atoms with Gasteiger partial charge in [-0.1, -0.05) is 54.1 Å². The van der Waals surface area contributed by atoms with Crippen molar-refractivity contribution < 1.29 is 0 Å². The molecule has 0 atom stereocenters. The van der Waals surface area contributed by atoms with Gasteiger partial charge in [0.05, 0.1) is 5.52 Å². The lowest BCUT2D eigenvalue weighted by atomic mass is 10.2. The molecule has 25 heavy (non-hydrogen) atoms. The molecule has 0 saturated carbocycles. The van der Waals surface area contributed by atoms with E-state index in [4.69, 9.17) is 0 Å². The van der Waals surface area contributed by atoms with Crippen LogP contribution in [0.1, 0.15) is 5.56 Å². The molecule has 3 aromatic carbocycles. The van der Waals surface area contributed by atoms with Crippen LogP contribution in [0, 0.1) is 6.92 Å². The number of aryl methyl sites for hydroxylation is 1. The van der Waals surface area contributed by atoms with Gasteiger partial charge in [-0.15, -0.1) is 0 Å². The fourth-order valence-electron chi connectivity index (χ4n) is 3.01. The smallest absolute Gasteiger partial charge is 0.0528 e. The Morgan fingerprint density at radius 1 is 0.680 bits per heavy atom. The quantitative estimate of drug-likeness (QED) is 0.384. The van der Waals surface area contributed by atoms with Gasteiger partial charge >= 0.3 is 0 Å². The Hall–Kier alpha value is -3.26. The largest absolute Gasteiger partial charge is 0.361 e. The van der Waals surface area contributed by atoms with Crippen molar-refractivity contribution in [3.63, 3.8) is 0 Å². The van der Waals surface area contributed by atoms with Crippen molar-refractivity contribution in [2.75, 3.05) is 0 Å². The molecule has 0 unspecified atom stereocenters. The zero-order valence-corrected chi connectivity index (χ0v) is 14.2. The Bertz CT molecular complexity index is 1070. The molecular weight excluding hydrogens is 304 g/mol. The van der Waals surface area contributed by atoms with Gasteiger partial charge < -0.3 is 9.55 Å². The average molecular weight is 324 g/mol. The summed E-state index contributed by atoms with van der Waals surface area (Å²) in [5, 5.41) is 2.56. The van der Waals surface area contributed by atoms with E-state index in [9.17, 15) is 0 Å². The first-order valence-corrected chi connectivity index (χ1v) is 8.46. The van der Waals surface area contributed by atoms with E-state index >= 15 is 0 Å². The highest BCUT2D eigenvalue weighted by molar-refractivity contribution is 5.81. The van der Waals surface area contributed by atoms with Gasteiger partial charge in [-0.05, 0) is 54.1 Å². The number of aromatic nitrogens is 2. The van der Waals surface area contributed by atoms with Crippen LogP contribution in [-0.4, -0.2) is 9.55 Å². The Morgan fingerprint density at radius 3 is 2.20 bits per heavy atom. The predicted octanol–water partition coefficient (Wildman–Crippen LogP) is 6.11. The molecule has 2 heterocycles. The van der Waals surface area contributed by atoms with Gasteiger partial charge in [0.25, 0.3) is 0 Å². The predicted molar refractivity (Wildman–Crippen MR) is 106 cm³/mol. The molecule has 1 N–H and O–H groups in total. The molecule has 2 heteroatoms. The summed E-state index contributed by atoms with van der Waals surface area (Å²) in [6, 6.07) is 29.5. The molecule has 5 rings (SSSR count). The highest BCUT2D eigenvalue weighted by Crippen LogP contribution is 2.20. The molecular formula is C23H20N2. The van der Waals surface area contributed by atoms with E-state index in [-0.39, 0.29) is 0 Å². The number of rotatable bonds is 1. The first-order valence-electron chi connectivity index (χ1n) is 8.46. The van der Waals surface area contributed by atoms with E-state index in [2.05, 4.69) is 95.5 Å². The lowest BCUT2D eigenvalue weighted by Gasteiger charge is -2.05. The number of hydrogen-bond acceptors (Lipinski definition) is 0. The Kier molecular flexibility index (Phi) is 4.09. The minimum absolute atomic E-state index is 1.21. The van der Waals surface area contributed by atoms with Crippen LogP contribution in [0.4, 0.5) is 0 Å². The third kappa shape index (κ3) is 3.20. The maximum Gasteiger partial charge on any atom is 0.0528 e. The third-order valence-corrected chi connectivity index (χ3v) is 4.37. The number of para-hydroxylation sites is 2. The summed E-state index contributed by atoms with van der Waals surface area (Å²) in [5.74, 6) is 0. The van der Waals surface area contributed by atoms with Crippen LogP contribution in [0.2, 0.25) is 0 Å². The van der Waals surface area contributed by atoms with Crippen molar-refractivity contribution in [2.24, 2.45) is 0 Å². The second-order valence-corrected chi connectivity index (χ2v) is 6.15. The van der Waals surface area contributed by atoms with Crippen molar-refractivity contribution in [3.8, 4) is 5.69 Å². The first kappa shape index (κ1) is 15.3. The van der Waals surface area contributed by atoms with Crippen LogP contribution in [0.3, 0.4) is 0 Å². The van der Waals surface area contributed by atoms with Gasteiger partial charge in [0.2, 0.25) is 0 Å². The summed E-state index contributed by atoms with van der Waals surface area (Å²) in [6.07, 6.45) is 4.07. The fraction of sp³-hybridized carbons (Fsp3) is 0.0435. The summed E-state index contributed by atoms with van der Waals surface area (Å²) in [5.41, 5.74) is 4.97. The number of H-pyrrole nitrogens is 1. The number of fused-ring (bicyclic) bond motifs is 2. The molecule has 0 aliphatic carbocycles. The zero-order valence-electron chi connectivity index (χ0n) is 14.2. The Morgan fingerprint density at radius 2 is 1.40 bits per heavy atom. The Balaban J connectivity index is 0.000000147. The van der Waals surface area contributed by atoms with E-state index in [0.717, 1.165) is 0 Å². The normalized spacial score (nSPS) is 10.6. The molecule has 0 spiro atoms. The zero-order chi connectivity index (χ0) is 17.1. The number of nitrogens with zero attached hydrogens (tertiary/aromatic N) is 1. The molecule has 0 bridgehead atoms. The van der Waals surface area contributed by atoms with Gasteiger partial charge in [0, 0.05) is 23.6 Å². The van der Waals surface area contributed by atoms with Crippen molar-refractivity contribution in [3.05, 3.63) is 103 Å². The lowest BCUT2D eigenvalue weighted by Crippen LogP contribution is -1.90. The van der Waals surface area contributed by atoms with Gasteiger partial charge in [0.15, 0.2) is 0 Å². The maximum absolute atomic E-state index is 3.12. The average Bonchev–Trinajstić information content (AvgIpc) is 3.30. The van der Waals surface area contributed by atoms with Crippen LogP contribution >= 0.6 is 0 Å². The molecule has 0 fully saturated rings. The molecule has 2 nitrogen and oxygen atoms in total. The molecule has 0 aliphatic heterocycles. The molecule has 0 amide bonds. The standard InChI is InChI=1S/C15H13N.C8H7N/c1-12-6-8-14(9-7-12)16-11-10-13-4-2-3-5-15(13)16;1-2-4-8-7(3-1)5-6-9-8/h2-11H,1H3;1-6,9H. The summed E-state index contributed by atoms with van der Waals surface area (Å²) >= 11 is 0. The highest BCUT2D eigenvalue weighted by Gasteiger charge is 2.01. The first-order chi connectivity index (χ1) is 12.3. The monoisotopic (exact) mass is 324 g/mol. The molecule has 122 valence electrons. The maximum atomic E-state index is 3.12. The van der Waals surface area contributed by atoms with Gasteiger partial charge in [-0.2, -0.15) is 0 Å². The van der Waals surface area contributed by atoms with E-state index < -0.39 is 0 Å². The molecule has 0 aliphatic rings. The molecule has 0 radical (unpaired) electrons. The van der Waals surface area contributed by atoms with E-state index in [1.165, 1.54) is 33.1 Å². The van der Waals surface area contributed by atoms with Gasteiger partial charge in [0.1, 0.15) is 0 Å². The van der Waals surface area contributed by atoms with Crippen LogP contribution in [0.25, 0.3) is 27.5 Å². The minimum Gasteiger partial charge on any atom is -0.361 e. The van der Waals surface area contributed by atoms with E-state index in [0.29, 0.717) is 0 Å². The number of nitrogens with one attached hydrogen (secondary N) is 1. The van der Waals surface area contributed by atoms with E-state index in [1.54, 1.807) is 0 Å². The highest BCUT2D eigenvalue weighted by atomic mass is 15.0. The summed E-state index contributed by atoms with van der Waals surface area (Å²) in [6.45, 7) is 2.11. The number of aromatic amines is 1. The number of benzene rings is 3. The fourth-order valence-corrected chi connectivity index (χ4v) is 3.01. The third-order valence-electron chi connectivity index (χ3n) is 4.37. The summed E-state index contributed by atoms with van der Waals surface area (Å²) < 4.78 is 2.22. The van der Waals surface area contributed by atoms with Crippen LogP contribution in [-0.2, 0) is 0 Å². The van der Waals surface area contributed by atoms with Crippen LogP contribution in [0.5, 0.6) is 0 Å². The van der Waals surface area contributed by atoms with Crippen molar-refractivity contribution in [1.82, 2.24) is 9.55 Å².